The van der Waals surface area contributed by atoms with E-state index in [4.69, 9.17) is 25.4 Å². The van der Waals surface area contributed by atoms with Gasteiger partial charge in [0.25, 0.3) is 5.91 Å². The van der Waals surface area contributed by atoms with Crippen molar-refractivity contribution in [3.63, 3.8) is 0 Å². The van der Waals surface area contributed by atoms with Gasteiger partial charge in [0.2, 0.25) is 10.0 Å². The molecule has 2 heterocycles. The van der Waals surface area contributed by atoms with Crippen molar-refractivity contribution in [3.05, 3.63) is 70.3 Å². The highest BCUT2D eigenvalue weighted by Gasteiger charge is 2.70. The van der Waals surface area contributed by atoms with Gasteiger partial charge in [-0.15, -0.1) is 0 Å². The lowest BCUT2D eigenvalue weighted by molar-refractivity contribution is -0.171. The van der Waals surface area contributed by atoms with Crippen LogP contribution in [0.4, 0.5) is 14.5 Å². The summed E-state index contributed by atoms with van der Waals surface area (Å²) in [5.74, 6) is -2.59. The van der Waals surface area contributed by atoms with Crippen LogP contribution in [0.3, 0.4) is 0 Å². The van der Waals surface area contributed by atoms with Crippen molar-refractivity contribution in [2.24, 2.45) is 17.8 Å². The van der Waals surface area contributed by atoms with Crippen molar-refractivity contribution in [2.75, 3.05) is 37.8 Å². The van der Waals surface area contributed by atoms with Gasteiger partial charge < -0.3 is 23.8 Å². The molecule has 0 saturated heterocycles. The van der Waals surface area contributed by atoms with Crippen LogP contribution in [0.1, 0.15) is 81.3 Å². The minimum absolute atomic E-state index is 0.0339. The molecule has 6 atom stereocenters. The van der Waals surface area contributed by atoms with Gasteiger partial charge in [0.1, 0.15) is 5.75 Å². The molecule has 1 amide bonds. The Kier molecular flexibility index (Phi) is 11.0. The van der Waals surface area contributed by atoms with Gasteiger partial charge in [-0.1, -0.05) is 36.7 Å². The molecule has 6 rings (SSSR count). The molecule has 2 N–H and O–H groups in total. The van der Waals surface area contributed by atoms with Crippen LogP contribution in [0, 0.1) is 17.8 Å². The fourth-order valence-electron chi connectivity index (χ4n) is 8.35. The average Bonchev–Trinajstić information content (AvgIpc) is 3.22. The second-order valence-electron chi connectivity index (χ2n) is 14.7. The number of hydrogen-bond acceptors (Lipinski definition) is 9. The Labute approximate surface area is 309 Å². The zero-order chi connectivity index (χ0) is 37.7. The quantitative estimate of drug-likeness (QED) is 0.226. The van der Waals surface area contributed by atoms with Crippen molar-refractivity contribution in [3.8, 4) is 5.75 Å². The third-order valence-corrected chi connectivity index (χ3v) is 16.0. The molecule has 1 saturated carbocycles. The first kappa shape index (κ1) is 39.2. The number of rotatable bonds is 6. The summed E-state index contributed by atoms with van der Waals surface area (Å²) >= 11 is 6.40. The number of carbonyl (C=O) groups is 1. The van der Waals surface area contributed by atoms with Gasteiger partial charge in [-0.3, -0.25) is 9.36 Å². The molecule has 0 radical (unpaired) electrons. The van der Waals surface area contributed by atoms with Crippen LogP contribution in [0.5, 0.6) is 5.75 Å². The molecule has 2 bridgehead atoms. The van der Waals surface area contributed by atoms with E-state index in [9.17, 15) is 22.9 Å². The molecule has 2 aromatic carbocycles. The summed E-state index contributed by atoms with van der Waals surface area (Å²) in [6.07, 6.45) is 5.39. The van der Waals surface area contributed by atoms with E-state index in [1.807, 2.05) is 23.1 Å². The number of halogens is 3. The van der Waals surface area contributed by atoms with Crippen LogP contribution in [0.15, 0.2) is 48.6 Å². The second-order valence-corrected chi connectivity index (χ2v) is 19.3. The van der Waals surface area contributed by atoms with Crippen LogP contribution in [-0.2, 0) is 35.5 Å². The Morgan fingerprint density at radius 2 is 1.87 bits per heavy atom. The van der Waals surface area contributed by atoms with E-state index in [-0.39, 0.29) is 38.2 Å². The van der Waals surface area contributed by atoms with Crippen LogP contribution in [0.2, 0.25) is 5.02 Å². The normalized spacial score (nSPS) is 31.3. The Hall–Kier alpha value is -2.54. The van der Waals surface area contributed by atoms with Gasteiger partial charge in [-0.05, 0) is 113 Å². The molecule has 0 unspecified atom stereocenters. The lowest BCUT2D eigenvalue weighted by atomic mass is 9.64. The van der Waals surface area contributed by atoms with E-state index >= 15 is 8.78 Å². The van der Waals surface area contributed by atoms with E-state index in [0.717, 1.165) is 36.5 Å². The fraction of sp³-hybridized carbons (Fsp3) is 0.595. The standard InChI is InChI=1S/C37H48ClF2N2O8PS/c1-5-49-51(45,50-6-2)37(39,40)36(44)18-7-9-24(3)25(4)52(46,47)41-34(43)27-12-16-33-32(20-27)42(21-28-11-14-31(28)36)22-35(23-48-33)17-8-10-26-19-29(38)13-15-30(26)35/h7,12-13,15-16,18-20,24-25,28,31,44H,5-6,8-11,14,17,21-23H2,1-4H3,(H,41,43)/b18-7+/t24-,25+,28-,31+,35-,36+/m0/s1. The molecule has 2 aliphatic heterocycles. The smallest absolute Gasteiger partial charge is 0.403 e. The molecule has 2 aliphatic carbocycles. The fourth-order valence-corrected chi connectivity index (χ4v) is 11.6. The number of ether oxygens (including phenoxy) is 1. The number of hydrogen-bond donors (Lipinski definition) is 2. The van der Waals surface area contributed by atoms with Crippen molar-refractivity contribution < 1.29 is 45.4 Å². The Balaban J connectivity index is 1.50. The molecule has 1 fully saturated rings. The molecular formula is C37H48ClF2N2O8PS. The molecule has 4 aliphatic rings. The molecule has 0 aromatic heterocycles. The maximum atomic E-state index is 16.9. The number of benzene rings is 2. The number of aryl methyl sites for hydroxylation is 1. The van der Waals surface area contributed by atoms with Gasteiger partial charge in [0, 0.05) is 35.0 Å². The van der Waals surface area contributed by atoms with Crippen LogP contribution in [0.25, 0.3) is 0 Å². The number of alkyl halides is 2. The minimum Gasteiger partial charge on any atom is -0.490 e. The number of nitrogens with one attached hydrogen (secondary N) is 1. The van der Waals surface area contributed by atoms with Gasteiger partial charge >= 0.3 is 13.3 Å². The Morgan fingerprint density at radius 1 is 1.13 bits per heavy atom. The molecule has 52 heavy (non-hydrogen) atoms. The van der Waals surface area contributed by atoms with Gasteiger partial charge in [-0.25, -0.2) is 13.1 Å². The number of amides is 1. The van der Waals surface area contributed by atoms with Crippen molar-refractivity contribution >= 4 is 40.8 Å². The first-order valence-electron chi connectivity index (χ1n) is 18.0. The van der Waals surface area contributed by atoms with Gasteiger partial charge in [0.05, 0.1) is 30.8 Å². The number of nitrogens with zero attached hydrogens (tertiary/aromatic N) is 1. The predicted molar refractivity (Wildman–Crippen MR) is 196 cm³/mol. The topological polar surface area (TPSA) is 131 Å². The maximum Gasteiger partial charge on any atom is 0.403 e. The number of aliphatic hydroxyl groups is 1. The van der Waals surface area contributed by atoms with Crippen LogP contribution < -0.4 is 14.4 Å². The summed E-state index contributed by atoms with van der Waals surface area (Å²) in [6, 6.07) is 10.5. The summed E-state index contributed by atoms with van der Waals surface area (Å²) in [7, 11) is -9.43. The molecular weight excluding hydrogens is 737 g/mol. The number of sulfonamides is 1. The second kappa shape index (κ2) is 14.6. The molecule has 1 spiro atoms. The number of carbonyl (C=O) groups excluding carboxylic acids is 1. The van der Waals surface area contributed by atoms with E-state index in [1.54, 1.807) is 19.1 Å². The lowest BCUT2D eigenvalue weighted by Crippen LogP contribution is -2.59. The minimum atomic E-state index is -5.21. The van der Waals surface area contributed by atoms with E-state index < -0.39 is 63.2 Å². The first-order chi connectivity index (χ1) is 24.5. The molecule has 15 heteroatoms. The highest BCUT2D eigenvalue weighted by atomic mass is 35.5. The number of anilines is 1. The summed E-state index contributed by atoms with van der Waals surface area (Å²) in [4.78, 5) is 15.5. The largest absolute Gasteiger partial charge is 0.490 e. The molecule has 10 nitrogen and oxygen atoms in total. The summed E-state index contributed by atoms with van der Waals surface area (Å²) in [6.45, 7) is 6.09. The molecule has 286 valence electrons. The SMILES string of the molecule is CCOP(=O)(OCC)C(F)(F)[C@@]1(O)/C=C/C[C@H](C)[C@@H](C)S(=O)(=O)NC(=O)c2ccc3c(c2)N(C[C@@H]2CC[C@H]21)C[C@@]1(CCCc2cc(Cl)ccc21)CO3. The summed E-state index contributed by atoms with van der Waals surface area (Å²) < 4.78 is 93.5. The highest BCUT2D eigenvalue weighted by Crippen LogP contribution is 2.69. The lowest BCUT2D eigenvalue weighted by Gasteiger charge is -2.51. The van der Waals surface area contributed by atoms with Crippen LogP contribution >= 0.6 is 19.2 Å². The maximum absolute atomic E-state index is 16.9. The van der Waals surface area contributed by atoms with E-state index in [2.05, 4.69) is 4.72 Å². The van der Waals surface area contributed by atoms with Crippen molar-refractivity contribution in [1.29, 1.82) is 0 Å². The van der Waals surface area contributed by atoms with Gasteiger partial charge in [0.15, 0.2) is 5.60 Å². The average molecular weight is 785 g/mol. The highest BCUT2D eigenvalue weighted by molar-refractivity contribution is 7.90. The zero-order valence-corrected chi connectivity index (χ0v) is 32.4. The number of allylic oxidation sites excluding steroid dienone is 1. The Bertz CT molecular complexity index is 1870. The van der Waals surface area contributed by atoms with Crippen molar-refractivity contribution in [1.82, 2.24) is 4.72 Å². The van der Waals surface area contributed by atoms with Gasteiger partial charge in [-0.2, -0.15) is 8.78 Å². The zero-order valence-electron chi connectivity index (χ0n) is 29.9. The summed E-state index contributed by atoms with van der Waals surface area (Å²) in [5.41, 5.74) is -5.10. The van der Waals surface area contributed by atoms with E-state index in [0.29, 0.717) is 36.0 Å². The summed E-state index contributed by atoms with van der Waals surface area (Å²) in [5, 5.41) is 11.8. The molecule has 2 aromatic rings. The Morgan fingerprint density at radius 3 is 2.54 bits per heavy atom. The number of fused-ring (bicyclic) bond motifs is 4. The third kappa shape index (κ3) is 6.83. The van der Waals surface area contributed by atoms with E-state index in [1.165, 1.54) is 32.9 Å². The van der Waals surface area contributed by atoms with Crippen molar-refractivity contribution in [2.45, 2.75) is 88.1 Å². The first-order valence-corrected chi connectivity index (χ1v) is 21.5. The van der Waals surface area contributed by atoms with Crippen LogP contribution in [-0.4, -0.2) is 68.9 Å². The predicted octanol–water partition coefficient (Wildman–Crippen LogP) is 7.47. The monoisotopic (exact) mass is 784 g/mol. The third-order valence-electron chi connectivity index (χ3n) is 11.6.